The van der Waals surface area contributed by atoms with Gasteiger partial charge in [-0.2, -0.15) is 0 Å². The van der Waals surface area contributed by atoms with Crippen molar-refractivity contribution in [3.8, 4) is 0 Å². The van der Waals surface area contributed by atoms with Gasteiger partial charge < -0.3 is 5.73 Å². The van der Waals surface area contributed by atoms with E-state index in [0.29, 0.717) is 4.99 Å². The largest absolute Gasteiger partial charge is 0.392 e. The van der Waals surface area contributed by atoms with E-state index in [2.05, 4.69) is 25.7 Å². The van der Waals surface area contributed by atoms with Gasteiger partial charge in [-0.15, -0.1) is 0 Å². The van der Waals surface area contributed by atoms with Crippen LogP contribution in [0.3, 0.4) is 0 Å². The molecule has 0 aromatic rings. The second-order valence-electron chi connectivity index (χ2n) is 2.71. The molecule has 1 atom stereocenters. The van der Waals surface area contributed by atoms with E-state index in [1.807, 2.05) is 0 Å². The zero-order valence-electron chi connectivity index (χ0n) is 7.63. The number of thiocarbonyl (C=S) groups is 1. The summed E-state index contributed by atoms with van der Waals surface area (Å²) in [6.45, 7) is 8.45. The smallest absolute Gasteiger partial charge is 0.0899 e. The summed E-state index contributed by atoms with van der Waals surface area (Å²) in [6.07, 6.45) is 1.15. The van der Waals surface area contributed by atoms with Crippen LogP contribution in [-0.2, 0) is 0 Å². The average Bonchev–Trinajstić information content (AvgIpc) is 1.98. The lowest BCUT2D eigenvalue weighted by molar-refractivity contribution is 0.268. The molecule has 0 fully saturated rings. The SMILES string of the molecule is CCCN(CC)C(C)C(N)=S. The molecule has 0 rings (SSSR count). The first-order chi connectivity index (χ1) is 5.13. The summed E-state index contributed by atoms with van der Waals surface area (Å²) < 4.78 is 0. The third-order valence-corrected chi connectivity index (χ3v) is 2.22. The zero-order chi connectivity index (χ0) is 8.85. The highest BCUT2D eigenvalue weighted by atomic mass is 32.1. The van der Waals surface area contributed by atoms with E-state index in [9.17, 15) is 0 Å². The first-order valence-electron chi connectivity index (χ1n) is 4.16. The molecule has 0 saturated carbocycles. The molecule has 0 bridgehead atoms. The minimum atomic E-state index is 0.245. The Morgan fingerprint density at radius 2 is 2.09 bits per heavy atom. The van der Waals surface area contributed by atoms with Crippen molar-refractivity contribution in [2.45, 2.75) is 33.2 Å². The van der Waals surface area contributed by atoms with Crippen LogP contribution in [-0.4, -0.2) is 29.0 Å². The summed E-state index contributed by atoms with van der Waals surface area (Å²) >= 11 is 4.91. The Bertz CT molecular complexity index is 125. The number of hydrogen-bond donors (Lipinski definition) is 1. The van der Waals surface area contributed by atoms with Gasteiger partial charge in [-0.25, -0.2) is 0 Å². The maximum absolute atomic E-state index is 5.53. The fraction of sp³-hybridized carbons (Fsp3) is 0.875. The topological polar surface area (TPSA) is 29.3 Å². The van der Waals surface area contributed by atoms with Crippen molar-refractivity contribution in [2.75, 3.05) is 13.1 Å². The molecule has 66 valence electrons. The summed E-state index contributed by atoms with van der Waals surface area (Å²) in [5, 5.41) is 0. The Kier molecular flexibility index (Phi) is 5.42. The van der Waals surface area contributed by atoms with Crippen LogP contribution >= 0.6 is 12.2 Å². The van der Waals surface area contributed by atoms with Crippen LogP contribution in [0, 0.1) is 0 Å². The first-order valence-corrected chi connectivity index (χ1v) is 4.57. The second kappa shape index (κ2) is 5.49. The van der Waals surface area contributed by atoms with Crippen LogP contribution in [0.15, 0.2) is 0 Å². The Hall–Kier alpha value is -0.150. The summed E-state index contributed by atoms with van der Waals surface area (Å²) in [4.78, 5) is 2.88. The van der Waals surface area contributed by atoms with Gasteiger partial charge in [-0.05, 0) is 26.4 Å². The van der Waals surface area contributed by atoms with E-state index < -0.39 is 0 Å². The third-order valence-electron chi connectivity index (χ3n) is 1.88. The van der Waals surface area contributed by atoms with E-state index in [-0.39, 0.29) is 6.04 Å². The number of rotatable bonds is 5. The van der Waals surface area contributed by atoms with Gasteiger partial charge in [-0.3, -0.25) is 4.90 Å². The molecule has 0 aliphatic rings. The molecular weight excluding hydrogens is 156 g/mol. The monoisotopic (exact) mass is 174 g/mol. The van der Waals surface area contributed by atoms with Crippen LogP contribution in [0.2, 0.25) is 0 Å². The van der Waals surface area contributed by atoms with Crippen LogP contribution in [0.25, 0.3) is 0 Å². The lowest BCUT2D eigenvalue weighted by Crippen LogP contribution is -2.41. The van der Waals surface area contributed by atoms with Crippen LogP contribution in [0.1, 0.15) is 27.2 Å². The Morgan fingerprint density at radius 3 is 2.36 bits per heavy atom. The molecule has 2 N–H and O–H groups in total. The molecule has 0 spiro atoms. The van der Waals surface area contributed by atoms with Gasteiger partial charge in [0.25, 0.3) is 0 Å². The van der Waals surface area contributed by atoms with Gasteiger partial charge >= 0.3 is 0 Å². The van der Waals surface area contributed by atoms with Crippen LogP contribution in [0.5, 0.6) is 0 Å². The normalized spacial score (nSPS) is 13.5. The van der Waals surface area contributed by atoms with Crippen molar-refractivity contribution in [3.63, 3.8) is 0 Å². The van der Waals surface area contributed by atoms with E-state index >= 15 is 0 Å². The summed E-state index contributed by atoms with van der Waals surface area (Å²) in [5.41, 5.74) is 5.53. The Morgan fingerprint density at radius 1 is 1.55 bits per heavy atom. The molecule has 11 heavy (non-hydrogen) atoms. The van der Waals surface area contributed by atoms with Crippen molar-refractivity contribution in [1.82, 2.24) is 4.90 Å². The quantitative estimate of drug-likeness (QED) is 0.639. The molecule has 0 radical (unpaired) electrons. The molecule has 0 saturated heterocycles. The lowest BCUT2D eigenvalue weighted by atomic mass is 10.2. The molecule has 3 heteroatoms. The molecule has 0 amide bonds. The predicted octanol–water partition coefficient (Wildman–Crippen LogP) is 1.39. The van der Waals surface area contributed by atoms with Crippen molar-refractivity contribution in [1.29, 1.82) is 0 Å². The average molecular weight is 174 g/mol. The van der Waals surface area contributed by atoms with Gasteiger partial charge in [0.15, 0.2) is 0 Å². The highest BCUT2D eigenvalue weighted by molar-refractivity contribution is 7.80. The Labute approximate surface area is 74.8 Å². The van der Waals surface area contributed by atoms with E-state index in [4.69, 9.17) is 18.0 Å². The van der Waals surface area contributed by atoms with Crippen molar-refractivity contribution >= 4 is 17.2 Å². The predicted molar refractivity (Wildman–Crippen MR) is 53.8 cm³/mol. The summed E-state index contributed by atoms with van der Waals surface area (Å²) in [5.74, 6) is 0. The fourth-order valence-corrected chi connectivity index (χ4v) is 1.24. The van der Waals surface area contributed by atoms with E-state index in [1.54, 1.807) is 0 Å². The maximum Gasteiger partial charge on any atom is 0.0899 e. The Balaban J connectivity index is 3.91. The van der Waals surface area contributed by atoms with Gasteiger partial charge in [0.1, 0.15) is 0 Å². The molecule has 1 unspecified atom stereocenters. The van der Waals surface area contributed by atoms with Gasteiger partial charge in [0.2, 0.25) is 0 Å². The number of nitrogens with zero attached hydrogens (tertiary/aromatic N) is 1. The van der Waals surface area contributed by atoms with Crippen LogP contribution < -0.4 is 5.73 Å². The molecular formula is C8H18N2S. The molecule has 0 aromatic carbocycles. The van der Waals surface area contributed by atoms with Crippen LogP contribution in [0.4, 0.5) is 0 Å². The van der Waals surface area contributed by atoms with E-state index in [1.165, 1.54) is 0 Å². The minimum absolute atomic E-state index is 0.245. The molecule has 2 nitrogen and oxygen atoms in total. The number of likely N-dealkylation sites (N-methyl/N-ethyl adjacent to an activating group) is 1. The van der Waals surface area contributed by atoms with Gasteiger partial charge in [-0.1, -0.05) is 26.1 Å². The van der Waals surface area contributed by atoms with Crippen molar-refractivity contribution < 1.29 is 0 Å². The first kappa shape index (κ1) is 10.8. The molecule has 0 heterocycles. The molecule has 0 aliphatic heterocycles. The van der Waals surface area contributed by atoms with Crippen molar-refractivity contribution in [3.05, 3.63) is 0 Å². The fourth-order valence-electron chi connectivity index (χ4n) is 1.09. The molecule has 0 aliphatic carbocycles. The maximum atomic E-state index is 5.53. The third kappa shape index (κ3) is 3.68. The van der Waals surface area contributed by atoms with Gasteiger partial charge in [0.05, 0.1) is 11.0 Å². The van der Waals surface area contributed by atoms with E-state index in [0.717, 1.165) is 19.5 Å². The second-order valence-corrected chi connectivity index (χ2v) is 3.18. The highest BCUT2D eigenvalue weighted by Gasteiger charge is 2.12. The summed E-state index contributed by atoms with van der Waals surface area (Å²) in [7, 11) is 0. The van der Waals surface area contributed by atoms with Crippen molar-refractivity contribution in [2.24, 2.45) is 5.73 Å². The zero-order valence-corrected chi connectivity index (χ0v) is 8.45. The highest BCUT2D eigenvalue weighted by Crippen LogP contribution is 1.99. The summed E-state index contributed by atoms with van der Waals surface area (Å²) in [6, 6.07) is 0.245. The number of hydrogen-bond acceptors (Lipinski definition) is 2. The minimum Gasteiger partial charge on any atom is -0.392 e. The lowest BCUT2D eigenvalue weighted by Gasteiger charge is -2.26. The molecule has 0 aromatic heterocycles. The number of nitrogens with two attached hydrogens (primary N) is 1. The standard InChI is InChI=1S/C8H18N2S/c1-4-6-10(5-2)7(3)8(9)11/h7H,4-6H2,1-3H3,(H2,9,11). The van der Waals surface area contributed by atoms with Gasteiger partial charge in [0, 0.05) is 0 Å².